The molecule has 0 saturated carbocycles. The fourth-order valence-corrected chi connectivity index (χ4v) is 1.70. The monoisotopic (exact) mass is 210 g/mol. The van der Waals surface area contributed by atoms with Crippen molar-refractivity contribution in [1.29, 1.82) is 0 Å². The van der Waals surface area contributed by atoms with Gasteiger partial charge in [0.2, 0.25) is 5.91 Å². The predicted octanol–water partition coefficient (Wildman–Crippen LogP) is -0.732. The summed E-state index contributed by atoms with van der Waals surface area (Å²) in [5.41, 5.74) is 6.08. The van der Waals surface area contributed by atoms with Crippen molar-refractivity contribution in [2.45, 2.75) is 6.10 Å². The number of carbonyl (C=O) groups is 1. The maximum Gasteiger partial charge on any atom is 0.231 e. The summed E-state index contributed by atoms with van der Waals surface area (Å²) < 4.78 is 5.57. The zero-order valence-corrected chi connectivity index (χ0v) is 8.35. The first-order valence-electron chi connectivity index (χ1n) is 4.87. The van der Waals surface area contributed by atoms with Crippen LogP contribution in [-0.2, 0) is 9.53 Å². The Labute approximate surface area is 87.4 Å². The molecule has 1 aliphatic heterocycles. The number of aromatic nitrogens is 2. The van der Waals surface area contributed by atoms with Crippen molar-refractivity contribution < 1.29 is 9.53 Å². The molecule has 1 fully saturated rings. The average Bonchev–Trinajstić information content (AvgIpc) is 2.69. The summed E-state index contributed by atoms with van der Waals surface area (Å²) in [6, 6.07) is 1.87. The van der Waals surface area contributed by atoms with Crippen molar-refractivity contribution in [2.75, 3.05) is 26.2 Å². The van der Waals surface area contributed by atoms with Gasteiger partial charge in [0.15, 0.2) is 0 Å². The topological polar surface area (TPSA) is 84.2 Å². The van der Waals surface area contributed by atoms with E-state index in [2.05, 4.69) is 10.2 Å². The number of rotatable bonds is 3. The summed E-state index contributed by atoms with van der Waals surface area (Å²) in [5.74, 6) is -0.305. The second-order valence-electron chi connectivity index (χ2n) is 3.57. The number of ether oxygens (including phenoxy) is 1. The van der Waals surface area contributed by atoms with E-state index in [0.29, 0.717) is 13.2 Å². The van der Waals surface area contributed by atoms with Gasteiger partial charge >= 0.3 is 0 Å². The van der Waals surface area contributed by atoms with Crippen molar-refractivity contribution in [3.05, 3.63) is 18.0 Å². The molecule has 1 amide bonds. The van der Waals surface area contributed by atoms with Gasteiger partial charge in [0.25, 0.3) is 0 Å². The molecule has 0 aromatic carbocycles. The summed E-state index contributed by atoms with van der Waals surface area (Å²) >= 11 is 0. The first-order valence-corrected chi connectivity index (χ1v) is 4.87. The minimum Gasteiger partial charge on any atom is -0.369 e. The molecule has 15 heavy (non-hydrogen) atoms. The van der Waals surface area contributed by atoms with Crippen LogP contribution in [0.2, 0.25) is 0 Å². The van der Waals surface area contributed by atoms with Gasteiger partial charge in [0.05, 0.1) is 18.8 Å². The number of primary amides is 1. The molecule has 1 saturated heterocycles. The Hall–Kier alpha value is -1.40. The van der Waals surface area contributed by atoms with Gasteiger partial charge in [0, 0.05) is 19.3 Å². The average molecular weight is 210 g/mol. The highest BCUT2D eigenvalue weighted by atomic mass is 16.5. The molecule has 1 aromatic heterocycles. The summed E-state index contributed by atoms with van der Waals surface area (Å²) in [5, 5.41) is 6.73. The van der Waals surface area contributed by atoms with Crippen molar-refractivity contribution in [3.63, 3.8) is 0 Å². The smallest absolute Gasteiger partial charge is 0.231 e. The van der Waals surface area contributed by atoms with Crippen LogP contribution in [0.3, 0.4) is 0 Å². The van der Waals surface area contributed by atoms with E-state index in [1.165, 1.54) is 0 Å². The molecule has 0 bridgehead atoms. The second-order valence-corrected chi connectivity index (χ2v) is 3.57. The van der Waals surface area contributed by atoms with Gasteiger partial charge in [0.1, 0.15) is 6.10 Å². The number of morpholine rings is 1. The molecule has 6 nitrogen and oxygen atoms in total. The van der Waals surface area contributed by atoms with Gasteiger partial charge in [-0.25, -0.2) is 0 Å². The molecule has 2 rings (SSSR count). The Morgan fingerprint density at radius 2 is 2.67 bits per heavy atom. The number of nitrogens with two attached hydrogens (primary N) is 1. The zero-order chi connectivity index (χ0) is 10.7. The summed E-state index contributed by atoms with van der Waals surface area (Å²) in [6.45, 7) is 2.31. The lowest BCUT2D eigenvalue weighted by Crippen LogP contribution is -2.42. The van der Waals surface area contributed by atoms with Gasteiger partial charge < -0.3 is 10.5 Å². The summed E-state index contributed by atoms with van der Waals surface area (Å²) in [6.07, 6.45) is 1.65. The summed E-state index contributed by atoms with van der Waals surface area (Å²) in [4.78, 5) is 12.8. The van der Waals surface area contributed by atoms with Crippen LogP contribution >= 0.6 is 0 Å². The third-order valence-electron chi connectivity index (χ3n) is 2.40. The fraction of sp³-hybridized carbons (Fsp3) is 0.556. The van der Waals surface area contributed by atoms with Crippen LogP contribution in [0.4, 0.5) is 0 Å². The molecule has 3 N–H and O–H groups in total. The van der Waals surface area contributed by atoms with E-state index in [4.69, 9.17) is 10.5 Å². The van der Waals surface area contributed by atoms with E-state index < -0.39 is 0 Å². The third-order valence-corrected chi connectivity index (χ3v) is 2.40. The quantitative estimate of drug-likeness (QED) is 0.688. The van der Waals surface area contributed by atoms with Crippen molar-refractivity contribution >= 4 is 5.91 Å². The molecule has 1 aromatic rings. The number of nitrogens with zero attached hydrogens (tertiary/aromatic N) is 2. The third kappa shape index (κ3) is 2.54. The van der Waals surface area contributed by atoms with Crippen LogP contribution in [0.15, 0.2) is 12.3 Å². The number of amides is 1. The van der Waals surface area contributed by atoms with E-state index >= 15 is 0 Å². The van der Waals surface area contributed by atoms with E-state index in [9.17, 15) is 4.79 Å². The van der Waals surface area contributed by atoms with E-state index in [1.807, 2.05) is 11.0 Å². The van der Waals surface area contributed by atoms with E-state index in [1.54, 1.807) is 6.20 Å². The minimum atomic E-state index is -0.305. The number of H-pyrrole nitrogens is 1. The lowest BCUT2D eigenvalue weighted by atomic mass is 10.2. The Balaban J connectivity index is 1.95. The Bertz CT molecular complexity index is 325. The maximum absolute atomic E-state index is 10.8. The highest BCUT2D eigenvalue weighted by molar-refractivity contribution is 5.75. The van der Waals surface area contributed by atoms with Crippen LogP contribution in [0, 0.1) is 0 Å². The number of aromatic amines is 1. The van der Waals surface area contributed by atoms with Crippen LogP contribution in [-0.4, -0.2) is 47.2 Å². The molecule has 0 spiro atoms. The first kappa shape index (κ1) is 10.1. The van der Waals surface area contributed by atoms with Gasteiger partial charge in [-0.2, -0.15) is 5.10 Å². The molecule has 82 valence electrons. The number of hydrogen-bond donors (Lipinski definition) is 2. The Morgan fingerprint density at radius 1 is 1.80 bits per heavy atom. The van der Waals surface area contributed by atoms with Gasteiger partial charge in [-0.15, -0.1) is 0 Å². The summed E-state index contributed by atoms with van der Waals surface area (Å²) in [7, 11) is 0. The van der Waals surface area contributed by atoms with Crippen molar-refractivity contribution in [2.24, 2.45) is 5.73 Å². The van der Waals surface area contributed by atoms with Crippen molar-refractivity contribution in [1.82, 2.24) is 15.1 Å². The maximum atomic E-state index is 10.8. The van der Waals surface area contributed by atoms with Crippen molar-refractivity contribution in [3.8, 4) is 0 Å². The number of hydrogen-bond acceptors (Lipinski definition) is 4. The van der Waals surface area contributed by atoms with Crippen LogP contribution in [0.1, 0.15) is 11.8 Å². The predicted molar refractivity (Wildman–Crippen MR) is 52.9 cm³/mol. The highest BCUT2D eigenvalue weighted by Gasteiger charge is 2.23. The molecule has 1 unspecified atom stereocenters. The molecular weight excluding hydrogens is 196 g/mol. The lowest BCUT2D eigenvalue weighted by molar-refractivity contribution is -0.121. The highest BCUT2D eigenvalue weighted by Crippen LogP contribution is 2.19. The largest absolute Gasteiger partial charge is 0.369 e. The molecule has 1 atom stereocenters. The first-order chi connectivity index (χ1) is 7.25. The normalized spacial score (nSPS) is 22.8. The Kier molecular flexibility index (Phi) is 2.98. The minimum absolute atomic E-state index is 0.0411. The van der Waals surface area contributed by atoms with Crippen LogP contribution < -0.4 is 5.73 Å². The molecule has 6 heteroatoms. The zero-order valence-electron chi connectivity index (χ0n) is 8.35. The van der Waals surface area contributed by atoms with Crippen LogP contribution in [0.25, 0.3) is 0 Å². The SMILES string of the molecule is NC(=O)CN1CCOC(c2ccn[nH]2)C1. The van der Waals surface area contributed by atoms with Gasteiger partial charge in [-0.3, -0.25) is 14.8 Å². The molecule has 2 heterocycles. The van der Waals surface area contributed by atoms with E-state index in [-0.39, 0.29) is 18.6 Å². The lowest BCUT2D eigenvalue weighted by Gasteiger charge is -2.31. The van der Waals surface area contributed by atoms with Crippen LogP contribution in [0.5, 0.6) is 0 Å². The second kappa shape index (κ2) is 4.41. The Morgan fingerprint density at radius 3 is 3.33 bits per heavy atom. The molecule has 0 radical (unpaired) electrons. The molecular formula is C9H14N4O2. The molecule has 0 aliphatic carbocycles. The molecule has 1 aliphatic rings. The standard InChI is InChI=1S/C9H14N4O2/c10-9(14)6-13-3-4-15-8(5-13)7-1-2-11-12-7/h1-2,8H,3-6H2,(H2,10,14)(H,11,12). The van der Waals surface area contributed by atoms with Gasteiger partial charge in [-0.05, 0) is 6.07 Å². The number of nitrogens with one attached hydrogen (secondary N) is 1. The number of carbonyl (C=O) groups excluding carboxylic acids is 1. The van der Waals surface area contributed by atoms with E-state index in [0.717, 1.165) is 12.2 Å². The van der Waals surface area contributed by atoms with Gasteiger partial charge in [-0.1, -0.05) is 0 Å². The fourth-order valence-electron chi connectivity index (χ4n) is 1.70.